The van der Waals surface area contributed by atoms with Crippen molar-refractivity contribution < 1.29 is 9.13 Å². The molecule has 118 valence electrons. The Bertz CT molecular complexity index is 480. The van der Waals surface area contributed by atoms with Gasteiger partial charge in [0.2, 0.25) is 0 Å². The van der Waals surface area contributed by atoms with Crippen LogP contribution in [-0.2, 0) is 6.54 Å². The first kappa shape index (κ1) is 16.3. The van der Waals surface area contributed by atoms with Gasteiger partial charge in [-0.25, -0.2) is 4.39 Å². The molecule has 1 aliphatic carbocycles. The van der Waals surface area contributed by atoms with Crippen molar-refractivity contribution in [1.82, 2.24) is 5.32 Å². The lowest BCUT2D eigenvalue weighted by Crippen LogP contribution is -2.43. The van der Waals surface area contributed by atoms with Crippen LogP contribution in [0.1, 0.15) is 52.5 Å². The van der Waals surface area contributed by atoms with Gasteiger partial charge in [0.25, 0.3) is 0 Å². The van der Waals surface area contributed by atoms with Gasteiger partial charge in [-0.1, -0.05) is 39.8 Å². The predicted molar refractivity (Wildman–Crippen MR) is 85.0 cm³/mol. The molecule has 0 saturated heterocycles. The van der Waals surface area contributed by atoms with Crippen molar-refractivity contribution >= 4 is 0 Å². The third-order valence-electron chi connectivity index (χ3n) is 4.40. The van der Waals surface area contributed by atoms with Gasteiger partial charge in [0.15, 0.2) is 11.6 Å². The standard InChI is InChI=1S/C18H28FNO/c1-17(2)9-14(10-18(3,4)12-17)20-11-13-7-6-8-15(21-5)16(13)19/h6-8,14,20H,9-12H2,1-5H3. The first-order chi connectivity index (χ1) is 9.72. The van der Waals surface area contributed by atoms with Crippen molar-refractivity contribution in [2.45, 2.75) is 59.5 Å². The molecule has 0 heterocycles. The molecule has 0 unspecified atom stereocenters. The van der Waals surface area contributed by atoms with E-state index >= 15 is 0 Å². The van der Waals surface area contributed by atoms with Gasteiger partial charge in [-0.3, -0.25) is 0 Å². The number of halogens is 1. The van der Waals surface area contributed by atoms with Crippen molar-refractivity contribution in [2.75, 3.05) is 7.11 Å². The monoisotopic (exact) mass is 293 g/mol. The quantitative estimate of drug-likeness (QED) is 0.880. The third-order valence-corrected chi connectivity index (χ3v) is 4.40. The minimum Gasteiger partial charge on any atom is -0.494 e. The third kappa shape index (κ3) is 4.19. The van der Waals surface area contributed by atoms with Gasteiger partial charge in [0.1, 0.15) is 0 Å². The summed E-state index contributed by atoms with van der Waals surface area (Å²) in [5, 5.41) is 3.55. The lowest BCUT2D eigenvalue weighted by molar-refractivity contribution is 0.0843. The van der Waals surface area contributed by atoms with E-state index in [9.17, 15) is 4.39 Å². The van der Waals surface area contributed by atoms with E-state index in [1.165, 1.54) is 13.5 Å². The van der Waals surface area contributed by atoms with Gasteiger partial charge in [0.05, 0.1) is 7.11 Å². The first-order valence-electron chi connectivity index (χ1n) is 7.77. The Morgan fingerprint density at radius 2 is 1.81 bits per heavy atom. The predicted octanol–water partition coefficient (Wildman–Crippen LogP) is 4.53. The molecule has 1 aromatic carbocycles. The largest absolute Gasteiger partial charge is 0.494 e. The minimum absolute atomic E-state index is 0.248. The molecule has 0 radical (unpaired) electrons. The average molecular weight is 293 g/mol. The van der Waals surface area contributed by atoms with Crippen molar-refractivity contribution in [3.63, 3.8) is 0 Å². The minimum atomic E-state index is -0.248. The lowest BCUT2D eigenvalue weighted by atomic mass is 9.63. The number of methoxy groups -OCH3 is 1. The summed E-state index contributed by atoms with van der Waals surface area (Å²) in [4.78, 5) is 0. The summed E-state index contributed by atoms with van der Waals surface area (Å²) in [6.07, 6.45) is 3.52. The van der Waals surface area contributed by atoms with Crippen LogP contribution in [0.25, 0.3) is 0 Å². The fourth-order valence-corrected chi connectivity index (χ4v) is 4.10. The Kier molecular flexibility index (Phi) is 4.62. The number of benzene rings is 1. The normalized spacial score (nSPS) is 21.2. The highest BCUT2D eigenvalue weighted by Crippen LogP contribution is 2.45. The molecular weight excluding hydrogens is 265 g/mol. The topological polar surface area (TPSA) is 21.3 Å². The first-order valence-corrected chi connectivity index (χ1v) is 7.77. The summed E-state index contributed by atoms with van der Waals surface area (Å²) in [5.74, 6) is 0.0698. The zero-order valence-electron chi connectivity index (χ0n) is 13.9. The second kappa shape index (κ2) is 5.96. The van der Waals surface area contributed by atoms with Gasteiger partial charge in [-0.15, -0.1) is 0 Å². The van der Waals surface area contributed by atoms with Crippen LogP contribution in [0.3, 0.4) is 0 Å². The summed E-state index contributed by atoms with van der Waals surface area (Å²) in [6, 6.07) is 5.76. The fraction of sp³-hybridized carbons (Fsp3) is 0.667. The molecule has 0 spiro atoms. The Hall–Kier alpha value is -1.09. The van der Waals surface area contributed by atoms with Gasteiger partial charge < -0.3 is 10.1 Å². The van der Waals surface area contributed by atoms with Crippen LogP contribution in [0.15, 0.2) is 18.2 Å². The van der Waals surface area contributed by atoms with Crippen LogP contribution >= 0.6 is 0 Å². The molecule has 3 heteroatoms. The molecule has 1 saturated carbocycles. The van der Waals surface area contributed by atoms with Gasteiger partial charge >= 0.3 is 0 Å². The highest BCUT2D eigenvalue weighted by atomic mass is 19.1. The zero-order chi connectivity index (χ0) is 15.7. The van der Waals surface area contributed by atoms with Gasteiger partial charge in [-0.2, -0.15) is 0 Å². The molecule has 2 rings (SSSR count). The number of ether oxygens (including phenoxy) is 1. The molecule has 1 fully saturated rings. The van der Waals surface area contributed by atoms with E-state index in [4.69, 9.17) is 4.74 Å². The second-order valence-corrected chi connectivity index (χ2v) is 7.92. The summed E-state index contributed by atoms with van der Waals surface area (Å²) in [5.41, 5.74) is 1.36. The number of hydrogen-bond donors (Lipinski definition) is 1. The fourth-order valence-electron chi connectivity index (χ4n) is 4.10. The van der Waals surface area contributed by atoms with E-state index in [-0.39, 0.29) is 5.82 Å². The van der Waals surface area contributed by atoms with Crippen LogP contribution in [0.2, 0.25) is 0 Å². The Balaban J connectivity index is 2.03. The smallest absolute Gasteiger partial charge is 0.169 e. The van der Waals surface area contributed by atoms with Crippen molar-refractivity contribution in [3.05, 3.63) is 29.6 Å². The van der Waals surface area contributed by atoms with Crippen LogP contribution in [0.5, 0.6) is 5.75 Å². The van der Waals surface area contributed by atoms with E-state index in [0.29, 0.717) is 34.7 Å². The summed E-state index contributed by atoms with van der Waals surface area (Å²) in [7, 11) is 1.50. The van der Waals surface area contributed by atoms with E-state index < -0.39 is 0 Å². The molecule has 2 nitrogen and oxygen atoms in total. The molecule has 1 N–H and O–H groups in total. The van der Waals surface area contributed by atoms with Crippen molar-refractivity contribution in [1.29, 1.82) is 0 Å². The Labute approximate surface area is 128 Å². The maximum atomic E-state index is 14.2. The van der Waals surface area contributed by atoms with Gasteiger partial charge in [0, 0.05) is 18.2 Å². The van der Waals surface area contributed by atoms with Crippen molar-refractivity contribution in [3.8, 4) is 5.75 Å². The summed E-state index contributed by atoms with van der Waals surface area (Å²) < 4.78 is 19.2. The molecule has 1 aromatic rings. The molecular formula is C18H28FNO. The molecule has 21 heavy (non-hydrogen) atoms. The molecule has 0 amide bonds. The molecule has 0 aromatic heterocycles. The lowest BCUT2D eigenvalue weighted by Gasteiger charge is -2.45. The van der Waals surface area contributed by atoms with E-state index in [2.05, 4.69) is 33.0 Å². The Morgan fingerprint density at radius 1 is 1.19 bits per heavy atom. The zero-order valence-corrected chi connectivity index (χ0v) is 13.9. The van der Waals surface area contributed by atoms with Crippen molar-refractivity contribution in [2.24, 2.45) is 10.8 Å². The Morgan fingerprint density at radius 3 is 2.38 bits per heavy atom. The van der Waals surface area contributed by atoms with Crippen LogP contribution < -0.4 is 10.1 Å². The maximum absolute atomic E-state index is 14.2. The number of nitrogens with one attached hydrogen (secondary N) is 1. The summed E-state index contributed by atoms with van der Waals surface area (Å²) >= 11 is 0. The van der Waals surface area contributed by atoms with Crippen LogP contribution in [-0.4, -0.2) is 13.2 Å². The molecule has 0 aliphatic heterocycles. The van der Waals surface area contributed by atoms with Gasteiger partial charge in [-0.05, 0) is 36.2 Å². The SMILES string of the molecule is COc1cccc(CNC2CC(C)(C)CC(C)(C)C2)c1F. The van der Waals surface area contributed by atoms with Crippen LogP contribution in [0, 0.1) is 16.6 Å². The number of hydrogen-bond acceptors (Lipinski definition) is 2. The molecule has 0 atom stereocenters. The number of rotatable bonds is 4. The van der Waals surface area contributed by atoms with Crippen LogP contribution in [0.4, 0.5) is 4.39 Å². The van der Waals surface area contributed by atoms with E-state index in [0.717, 1.165) is 12.8 Å². The average Bonchev–Trinajstić information content (AvgIpc) is 2.34. The maximum Gasteiger partial charge on any atom is 0.169 e. The molecule has 0 bridgehead atoms. The highest BCUT2D eigenvalue weighted by Gasteiger charge is 2.38. The van der Waals surface area contributed by atoms with E-state index in [1.54, 1.807) is 6.07 Å². The van der Waals surface area contributed by atoms with E-state index in [1.807, 2.05) is 12.1 Å². The summed E-state index contributed by atoms with van der Waals surface area (Å²) in [6.45, 7) is 9.87. The highest BCUT2D eigenvalue weighted by molar-refractivity contribution is 5.31. The molecule has 1 aliphatic rings. The second-order valence-electron chi connectivity index (χ2n) is 7.92.